The van der Waals surface area contributed by atoms with Crippen LogP contribution in [-0.4, -0.2) is 33.7 Å². The first kappa shape index (κ1) is 17.1. The van der Waals surface area contributed by atoms with E-state index in [0.717, 1.165) is 19.3 Å². The van der Waals surface area contributed by atoms with Gasteiger partial charge in [0.15, 0.2) is 5.82 Å². The van der Waals surface area contributed by atoms with Crippen LogP contribution in [0.15, 0.2) is 28.8 Å². The molecule has 0 saturated heterocycles. The zero-order valence-electron chi connectivity index (χ0n) is 14.1. The average Bonchev–Trinajstić information content (AvgIpc) is 3.06. The number of rotatable bonds is 5. The molecule has 3 rings (SSSR count). The second kappa shape index (κ2) is 7.04. The number of hydrogen-bond donors (Lipinski definition) is 2. The Morgan fingerprint density at radius 2 is 1.96 bits per heavy atom. The molecule has 0 unspecified atom stereocenters. The lowest BCUT2D eigenvalue weighted by Gasteiger charge is -2.33. The number of carbonyl (C=O) groups excluding carboxylic acids is 1. The van der Waals surface area contributed by atoms with E-state index in [2.05, 4.69) is 15.5 Å². The van der Waals surface area contributed by atoms with Crippen molar-refractivity contribution in [3.05, 3.63) is 35.7 Å². The Labute approximate surface area is 145 Å². The Morgan fingerprint density at radius 1 is 1.24 bits per heavy atom. The van der Waals surface area contributed by atoms with E-state index in [1.165, 1.54) is 0 Å². The normalized spacial score (nSPS) is 16.4. The molecule has 25 heavy (non-hydrogen) atoms. The van der Waals surface area contributed by atoms with Crippen molar-refractivity contribution >= 4 is 11.9 Å². The fourth-order valence-corrected chi connectivity index (χ4v) is 3.31. The Kier molecular flexibility index (Phi) is 4.83. The minimum atomic E-state index is -0.871. The van der Waals surface area contributed by atoms with Crippen molar-refractivity contribution in [2.24, 2.45) is 5.41 Å². The maximum absolute atomic E-state index is 12.7. The summed E-state index contributed by atoms with van der Waals surface area (Å²) in [5.41, 5.74) is 0.0559. The maximum Gasteiger partial charge on any atom is 0.311 e. The largest absolute Gasteiger partial charge is 0.481 e. The van der Waals surface area contributed by atoms with Crippen LogP contribution in [0.4, 0.5) is 0 Å². The maximum atomic E-state index is 12.7. The summed E-state index contributed by atoms with van der Waals surface area (Å²) < 4.78 is 5.16. The first-order valence-corrected chi connectivity index (χ1v) is 8.43. The lowest BCUT2D eigenvalue weighted by atomic mass is 9.74. The molecule has 2 aromatic rings. The summed E-state index contributed by atoms with van der Waals surface area (Å²) in [6, 6.07) is 6.93. The first-order chi connectivity index (χ1) is 12.0. The van der Waals surface area contributed by atoms with Gasteiger partial charge in [0.05, 0.1) is 16.5 Å². The number of carboxylic acids is 1. The smallest absolute Gasteiger partial charge is 0.311 e. The second-order valence-electron chi connectivity index (χ2n) is 6.52. The Bertz CT molecular complexity index is 778. The summed E-state index contributed by atoms with van der Waals surface area (Å²) in [6.45, 7) is 1.83. The quantitative estimate of drug-likeness (QED) is 0.865. The van der Waals surface area contributed by atoms with Crippen molar-refractivity contribution in [3.8, 4) is 11.5 Å². The summed E-state index contributed by atoms with van der Waals surface area (Å²) in [5.74, 6) is -0.419. The number of carbonyl (C=O) groups is 2. The number of nitrogens with zero attached hydrogens (tertiary/aromatic N) is 2. The molecule has 7 nitrogen and oxygen atoms in total. The molecule has 1 saturated carbocycles. The molecule has 132 valence electrons. The van der Waals surface area contributed by atoms with E-state index in [9.17, 15) is 14.7 Å². The molecule has 0 aliphatic heterocycles. The topological polar surface area (TPSA) is 105 Å². The predicted octanol–water partition coefficient (Wildman–Crippen LogP) is 2.81. The summed E-state index contributed by atoms with van der Waals surface area (Å²) in [7, 11) is 0. The van der Waals surface area contributed by atoms with Crippen molar-refractivity contribution < 1.29 is 19.2 Å². The van der Waals surface area contributed by atoms with Crippen molar-refractivity contribution in [1.82, 2.24) is 15.5 Å². The lowest BCUT2D eigenvalue weighted by Crippen LogP contribution is -2.44. The highest BCUT2D eigenvalue weighted by molar-refractivity contribution is 6.00. The summed E-state index contributed by atoms with van der Waals surface area (Å²) in [5, 5.41) is 16.2. The fraction of sp³-hybridized carbons (Fsp3) is 0.444. The average molecular weight is 343 g/mol. The summed E-state index contributed by atoms with van der Waals surface area (Å²) in [4.78, 5) is 28.6. The zero-order valence-corrected chi connectivity index (χ0v) is 14.1. The number of amides is 1. The van der Waals surface area contributed by atoms with Gasteiger partial charge in [-0.25, -0.2) is 0 Å². The number of nitrogens with one attached hydrogen (secondary N) is 1. The highest BCUT2D eigenvalue weighted by atomic mass is 16.5. The summed E-state index contributed by atoms with van der Waals surface area (Å²) >= 11 is 0. The van der Waals surface area contributed by atoms with Gasteiger partial charge in [0.1, 0.15) is 0 Å². The number of benzene rings is 1. The zero-order chi connectivity index (χ0) is 17.9. The standard InChI is InChI=1S/C18H21N3O4/c1-12-20-16(25-21-12)14-8-4-3-7-13(14)15(22)19-11-18(17(23)24)9-5-2-6-10-18/h3-4,7-8H,2,5-6,9-11H2,1H3,(H,19,22)(H,23,24). The molecule has 7 heteroatoms. The van der Waals surface area contributed by atoms with Crippen LogP contribution in [0.5, 0.6) is 0 Å². The van der Waals surface area contributed by atoms with Gasteiger partial charge in [-0.15, -0.1) is 0 Å². The van der Waals surface area contributed by atoms with Crippen molar-refractivity contribution in [2.75, 3.05) is 6.54 Å². The van der Waals surface area contributed by atoms with E-state index >= 15 is 0 Å². The SMILES string of the molecule is Cc1noc(-c2ccccc2C(=O)NCC2(C(=O)O)CCCCC2)n1. The molecule has 0 bridgehead atoms. The van der Waals surface area contributed by atoms with Gasteiger partial charge < -0.3 is 14.9 Å². The van der Waals surface area contributed by atoms with E-state index in [4.69, 9.17) is 4.52 Å². The van der Waals surface area contributed by atoms with Gasteiger partial charge in [-0.1, -0.05) is 36.6 Å². The highest BCUT2D eigenvalue weighted by Gasteiger charge is 2.40. The van der Waals surface area contributed by atoms with Gasteiger partial charge in [0.25, 0.3) is 11.8 Å². The third-order valence-corrected chi connectivity index (χ3v) is 4.78. The van der Waals surface area contributed by atoms with E-state index in [0.29, 0.717) is 29.8 Å². The molecule has 2 N–H and O–H groups in total. The van der Waals surface area contributed by atoms with Gasteiger partial charge in [0.2, 0.25) is 0 Å². The number of aryl methyl sites for hydroxylation is 1. The molecule has 1 aliphatic carbocycles. The predicted molar refractivity (Wildman–Crippen MR) is 90.0 cm³/mol. The van der Waals surface area contributed by atoms with Crippen LogP contribution in [0.2, 0.25) is 0 Å². The molecule has 0 atom stereocenters. The van der Waals surface area contributed by atoms with E-state index in [1.807, 2.05) is 0 Å². The Hall–Kier alpha value is -2.70. The molecule has 1 aliphatic rings. The van der Waals surface area contributed by atoms with Crippen LogP contribution in [-0.2, 0) is 4.79 Å². The van der Waals surface area contributed by atoms with Gasteiger partial charge >= 0.3 is 5.97 Å². The number of carboxylic acid groups (broad SMARTS) is 1. The van der Waals surface area contributed by atoms with Gasteiger partial charge in [-0.2, -0.15) is 4.98 Å². The van der Waals surface area contributed by atoms with Gasteiger partial charge in [0, 0.05) is 6.54 Å². The minimum Gasteiger partial charge on any atom is -0.481 e. The van der Waals surface area contributed by atoms with Crippen LogP contribution in [0.25, 0.3) is 11.5 Å². The Morgan fingerprint density at radius 3 is 2.60 bits per heavy atom. The molecule has 1 aromatic heterocycles. The fourth-order valence-electron chi connectivity index (χ4n) is 3.31. The van der Waals surface area contributed by atoms with Crippen LogP contribution < -0.4 is 5.32 Å². The van der Waals surface area contributed by atoms with Crippen molar-refractivity contribution in [2.45, 2.75) is 39.0 Å². The van der Waals surface area contributed by atoms with Crippen LogP contribution >= 0.6 is 0 Å². The lowest BCUT2D eigenvalue weighted by molar-refractivity contribution is -0.150. The second-order valence-corrected chi connectivity index (χ2v) is 6.52. The van der Waals surface area contributed by atoms with Crippen molar-refractivity contribution in [1.29, 1.82) is 0 Å². The van der Waals surface area contributed by atoms with Gasteiger partial charge in [-0.05, 0) is 31.9 Å². The third kappa shape index (κ3) is 3.55. The molecule has 1 aromatic carbocycles. The van der Waals surface area contributed by atoms with E-state index < -0.39 is 11.4 Å². The monoisotopic (exact) mass is 343 g/mol. The van der Waals surface area contributed by atoms with Crippen LogP contribution in [0, 0.1) is 12.3 Å². The van der Waals surface area contributed by atoms with Gasteiger partial charge in [-0.3, -0.25) is 9.59 Å². The molecule has 1 fully saturated rings. The highest BCUT2D eigenvalue weighted by Crippen LogP contribution is 2.36. The van der Waals surface area contributed by atoms with E-state index in [1.54, 1.807) is 31.2 Å². The first-order valence-electron chi connectivity index (χ1n) is 8.43. The van der Waals surface area contributed by atoms with Crippen molar-refractivity contribution in [3.63, 3.8) is 0 Å². The minimum absolute atomic E-state index is 0.123. The number of aliphatic carboxylic acids is 1. The molecule has 0 spiro atoms. The number of hydrogen-bond acceptors (Lipinski definition) is 5. The molecule has 1 heterocycles. The molecular formula is C18H21N3O4. The third-order valence-electron chi connectivity index (χ3n) is 4.78. The molecular weight excluding hydrogens is 322 g/mol. The molecule has 1 amide bonds. The van der Waals surface area contributed by atoms with E-state index in [-0.39, 0.29) is 18.3 Å². The van der Waals surface area contributed by atoms with Crippen LogP contribution in [0.3, 0.4) is 0 Å². The number of aromatic nitrogens is 2. The summed E-state index contributed by atoms with van der Waals surface area (Å²) in [6.07, 6.45) is 3.97. The Balaban J connectivity index is 1.79. The van der Waals surface area contributed by atoms with Crippen LogP contribution in [0.1, 0.15) is 48.3 Å². The molecule has 0 radical (unpaired) electrons.